The van der Waals surface area contributed by atoms with Crippen molar-refractivity contribution in [2.45, 2.75) is 33.0 Å². The number of esters is 1. The molecule has 3 rings (SSSR count). The third kappa shape index (κ3) is 4.86. The number of aromatic nitrogens is 1. The van der Waals surface area contributed by atoms with E-state index in [1.807, 2.05) is 26.0 Å². The number of hydrogen-bond donors (Lipinski definition) is 0. The normalized spacial score (nSPS) is 19.8. The fourth-order valence-corrected chi connectivity index (χ4v) is 4.14. The van der Waals surface area contributed by atoms with Gasteiger partial charge >= 0.3 is 5.97 Å². The monoisotopic (exact) mass is 408 g/mol. The number of amides is 1. The molecule has 2 heterocycles. The number of carbonyl (C=O) groups is 2. The molecule has 2 atom stereocenters. The van der Waals surface area contributed by atoms with Crippen LogP contribution in [0.2, 0.25) is 5.02 Å². The molecule has 0 aliphatic carbocycles. The number of carbonyl (C=O) groups excluding carboxylic acids is 2. The first-order valence-corrected chi connectivity index (χ1v) is 9.86. The summed E-state index contributed by atoms with van der Waals surface area (Å²) >= 11 is 7.25. The molecule has 6 nitrogen and oxygen atoms in total. The molecule has 0 saturated carbocycles. The van der Waals surface area contributed by atoms with Gasteiger partial charge in [0.15, 0.2) is 6.61 Å². The molecule has 8 heteroatoms. The number of ether oxygens (including phenoxy) is 2. The van der Waals surface area contributed by atoms with Gasteiger partial charge in [0.25, 0.3) is 5.91 Å². The van der Waals surface area contributed by atoms with Crippen molar-refractivity contribution in [3.63, 3.8) is 0 Å². The molecule has 1 aliphatic rings. The topological polar surface area (TPSA) is 68.7 Å². The third-order valence-electron chi connectivity index (χ3n) is 4.15. The van der Waals surface area contributed by atoms with Crippen molar-refractivity contribution in [1.29, 1.82) is 0 Å². The Morgan fingerprint density at radius 1 is 1.33 bits per heavy atom. The average molecular weight is 409 g/mol. The molecule has 1 saturated heterocycles. The van der Waals surface area contributed by atoms with Crippen molar-refractivity contribution >= 4 is 34.8 Å². The van der Waals surface area contributed by atoms with Gasteiger partial charge in [0, 0.05) is 23.7 Å². The average Bonchev–Trinajstić information content (AvgIpc) is 3.00. The van der Waals surface area contributed by atoms with Crippen molar-refractivity contribution in [2.75, 3.05) is 19.7 Å². The lowest BCUT2D eigenvalue weighted by atomic mass is 10.2. The van der Waals surface area contributed by atoms with Gasteiger partial charge in [-0.3, -0.25) is 4.79 Å². The summed E-state index contributed by atoms with van der Waals surface area (Å²) in [5.74, 6) is -0.761. The highest BCUT2D eigenvalue weighted by Gasteiger charge is 2.27. The van der Waals surface area contributed by atoms with E-state index in [0.717, 1.165) is 5.56 Å². The minimum Gasteiger partial charge on any atom is -0.451 e. The minimum atomic E-state index is -0.541. The molecule has 1 aliphatic heterocycles. The van der Waals surface area contributed by atoms with Crippen LogP contribution in [-0.2, 0) is 14.3 Å². The van der Waals surface area contributed by atoms with Crippen molar-refractivity contribution in [3.8, 4) is 10.6 Å². The number of halogens is 1. The fourth-order valence-electron chi connectivity index (χ4n) is 3.00. The number of benzene rings is 1. The maximum atomic E-state index is 12.4. The van der Waals surface area contributed by atoms with E-state index in [4.69, 9.17) is 21.1 Å². The molecular weight excluding hydrogens is 388 g/mol. The van der Waals surface area contributed by atoms with Gasteiger partial charge in [-0.2, -0.15) is 0 Å². The maximum absolute atomic E-state index is 12.4. The Morgan fingerprint density at radius 2 is 2.04 bits per heavy atom. The number of aryl methyl sites for hydroxylation is 1. The molecule has 1 aromatic carbocycles. The highest BCUT2D eigenvalue weighted by atomic mass is 35.5. The lowest BCUT2D eigenvalue weighted by Gasteiger charge is -2.35. The van der Waals surface area contributed by atoms with E-state index in [9.17, 15) is 9.59 Å². The second-order valence-electron chi connectivity index (χ2n) is 6.58. The van der Waals surface area contributed by atoms with Crippen molar-refractivity contribution in [1.82, 2.24) is 9.88 Å². The van der Waals surface area contributed by atoms with Crippen LogP contribution in [0.4, 0.5) is 0 Å². The molecule has 1 amide bonds. The van der Waals surface area contributed by atoms with Gasteiger partial charge < -0.3 is 14.4 Å². The number of thiazole rings is 1. The van der Waals surface area contributed by atoms with Crippen LogP contribution in [0.1, 0.15) is 29.2 Å². The highest BCUT2D eigenvalue weighted by Crippen LogP contribution is 2.29. The number of nitrogens with zero attached hydrogens (tertiary/aromatic N) is 2. The van der Waals surface area contributed by atoms with Gasteiger partial charge in [-0.1, -0.05) is 23.7 Å². The molecule has 0 radical (unpaired) electrons. The quantitative estimate of drug-likeness (QED) is 0.723. The lowest BCUT2D eigenvalue weighted by molar-refractivity contribution is -0.146. The first kappa shape index (κ1) is 19.8. The van der Waals surface area contributed by atoms with Gasteiger partial charge in [-0.15, -0.1) is 11.3 Å². The molecule has 27 heavy (non-hydrogen) atoms. The number of rotatable bonds is 4. The summed E-state index contributed by atoms with van der Waals surface area (Å²) in [7, 11) is 0. The summed E-state index contributed by atoms with van der Waals surface area (Å²) in [4.78, 5) is 31.2. The molecule has 0 N–H and O–H groups in total. The number of morpholine rings is 1. The van der Waals surface area contributed by atoms with Crippen LogP contribution in [0.15, 0.2) is 24.3 Å². The van der Waals surface area contributed by atoms with Crippen LogP contribution in [0.25, 0.3) is 10.6 Å². The SMILES string of the molecule is Cc1nc(-c2cccc(Cl)c2)sc1C(=O)OCC(=O)N1C[C@H](C)O[C@@H](C)C1. The van der Waals surface area contributed by atoms with Crippen LogP contribution < -0.4 is 0 Å². The molecule has 0 unspecified atom stereocenters. The van der Waals surface area contributed by atoms with E-state index in [-0.39, 0.29) is 24.7 Å². The van der Waals surface area contributed by atoms with Crippen LogP contribution in [0.5, 0.6) is 0 Å². The Balaban J connectivity index is 1.64. The van der Waals surface area contributed by atoms with Gasteiger partial charge in [0.1, 0.15) is 9.88 Å². The van der Waals surface area contributed by atoms with E-state index >= 15 is 0 Å². The molecular formula is C19H21ClN2O4S. The van der Waals surface area contributed by atoms with Crippen LogP contribution in [-0.4, -0.2) is 53.7 Å². The van der Waals surface area contributed by atoms with Crippen LogP contribution in [0.3, 0.4) is 0 Å². The zero-order chi connectivity index (χ0) is 19.6. The standard InChI is InChI=1S/C19H21ClN2O4S/c1-11-8-22(9-12(2)26-11)16(23)10-25-19(24)17-13(3)21-18(27-17)14-5-4-6-15(20)7-14/h4-7,11-12H,8-10H2,1-3H3/t11-,12-/m0/s1. The Labute approximate surface area is 167 Å². The number of hydrogen-bond acceptors (Lipinski definition) is 6. The molecule has 1 fully saturated rings. The summed E-state index contributed by atoms with van der Waals surface area (Å²) in [5, 5.41) is 1.29. The maximum Gasteiger partial charge on any atom is 0.350 e. The summed E-state index contributed by atoms with van der Waals surface area (Å²) < 4.78 is 10.9. The van der Waals surface area contributed by atoms with Gasteiger partial charge in [-0.05, 0) is 32.9 Å². The van der Waals surface area contributed by atoms with E-state index < -0.39 is 5.97 Å². The molecule has 0 bridgehead atoms. The van der Waals surface area contributed by atoms with Gasteiger partial charge in [0.05, 0.1) is 17.9 Å². The molecule has 2 aromatic rings. The smallest absolute Gasteiger partial charge is 0.350 e. The zero-order valence-corrected chi connectivity index (χ0v) is 17.0. The summed E-state index contributed by atoms with van der Waals surface area (Å²) in [6, 6.07) is 7.28. The summed E-state index contributed by atoms with van der Waals surface area (Å²) in [5.41, 5.74) is 1.41. The Hall–Kier alpha value is -1.96. The first-order chi connectivity index (χ1) is 12.8. The Kier molecular flexibility index (Phi) is 6.14. The second-order valence-corrected chi connectivity index (χ2v) is 8.01. The van der Waals surface area contributed by atoms with Crippen LogP contribution in [0, 0.1) is 6.92 Å². The minimum absolute atomic E-state index is 0.0302. The lowest BCUT2D eigenvalue weighted by Crippen LogP contribution is -2.49. The van der Waals surface area contributed by atoms with Gasteiger partial charge in [-0.25, -0.2) is 9.78 Å². The van der Waals surface area contributed by atoms with Crippen molar-refractivity contribution < 1.29 is 19.1 Å². The van der Waals surface area contributed by atoms with E-state index in [1.54, 1.807) is 24.0 Å². The Bertz CT molecular complexity index is 844. The van der Waals surface area contributed by atoms with Crippen molar-refractivity contribution in [2.24, 2.45) is 0 Å². The van der Waals surface area contributed by atoms with E-state index in [0.29, 0.717) is 33.7 Å². The predicted octanol–water partition coefficient (Wildman–Crippen LogP) is 3.56. The zero-order valence-electron chi connectivity index (χ0n) is 15.4. The van der Waals surface area contributed by atoms with Crippen LogP contribution >= 0.6 is 22.9 Å². The molecule has 1 aromatic heterocycles. The van der Waals surface area contributed by atoms with E-state index in [2.05, 4.69) is 4.98 Å². The van der Waals surface area contributed by atoms with Crippen molar-refractivity contribution in [3.05, 3.63) is 39.9 Å². The third-order valence-corrected chi connectivity index (χ3v) is 5.57. The Morgan fingerprint density at radius 3 is 2.70 bits per heavy atom. The second kappa shape index (κ2) is 8.37. The molecule has 0 spiro atoms. The van der Waals surface area contributed by atoms with E-state index in [1.165, 1.54) is 11.3 Å². The fraction of sp³-hybridized carbons (Fsp3) is 0.421. The predicted molar refractivity (Wildman–Crippen MR) is 104 cm³/mol. The summed E-state index contributed by atoms with van der Waals surface area (Å²) in [6.07, 6.45) is -0.0604. The molecule has 144 valence electrons. The highest BCUT2D eigenvalue weighted by molar-refractivity contribution is 7.17. The largest absolute Gasteiger partial charge is 0.451 e. The first-order valence-electron chi connectivity index (χ1n) is 8.67. The van der Waals surface area contributed by atoms with Gasteiger partial charge in [0.2, 0.25) is 0 Å². The summed E-state index contributed by atoms with van der Waals surface area (Å²) in [6.45, 7) is 6.29.